The van der Waals surface area contributed by atoms with Crippen LogP contribution in [0.15, 0.2) is 30.3 Å². The van der Waals surface area contributed by atoms with E-state index in [4.69, 9.17) is 9.47 Å². The Bertz CT molecular complexity index is 322. The zero-order valence-corrected chi connectivity index (χ0v) is 10.3. The average molecular weight is 273 g/mol. The minimum absolute atomic E-state index is 0.254. The van der Waals surface area contributed by atoms with Gasteiger partial charge in [0.05, 0.1) is 0 Å². The van der Waals surface area contributed by atoms with E-state index in [0.717, 1.165) is 5.56 Å². The molecule has 1 rings (SSSR count). The van der Waals surface area contributed by atoms with Crippen molar-refractivity contribution in [2.24, 2.45) is 0 Å². The molecule has 4 heteroatoms. The zero-order chi connectivity index (χ0) is 11.3. The predicted molar refractivity (Wildman–Crippen MR) is 60.6 cm³/mol. The first-order valence-corrected chi connectivity index (χ1v) is 5.31. The molecule has 82 valence electrons. The number of hydrogen-bond donors (Lipinski definition) is 0. The number of benzene rings is 1. The second-order valence-electron chi connectivity index (χ2n) is 3.18. The summed E-state index contributed by atoms with van der Waals surface area (Å²) in [5, 5.41) is 0. The van der Waals surface area contributed by atoms with Gasteiger partial charge in [0.2, 0.25) is 4.51 Å². The van der Waals surface area contributed by atoms with E-state index in [0.29, 0.717) is 0 Å². The van der Waals surface area contributed by atoms with E-state index in [-0.39, 0.29) is 6.61 Å². The minimum Gasteiger partial charge on any atom is -0.458 e. The molecule has 15 heavy (non-hydrogen) atoms. The summed E-state index contributed by atoms with van der Waals surface area (Å²) >= 11 is 3.12. The molecule has 0 fully saturated rings. The summed E-state index contributed by atoms with van der Waals surface area (Å²) in [7, 11) is 1.44. The molecule has 1 atom stereocenters. The van der Waals surface area contributed by atoms with Crippen LogP contribution in [-0.2, 0) is 20.9 Å². The van der Waals surface area contributed by atoms with Gasteiger partial charge in [0.25, 0.3) is 0 Å². The molecule has 0 spiro atoms. The molecule has 0 amide bonds. The number of ether oxygens (including phenoxy) is 2. The average Bonchev–Trinajstić information content (AvgIpc) is 2.27. The number of esters is 1. The first kappa shape index (κ1) is 12.2. The third kappa shape index (κ3) is 3.64. The molecular formula is C11H13BrO3. The molecule has 0 N–H and O–H groups in total. The van der Waals surface area contributed by atoms with E-state index in [1.54, 1.807) is 6.92 Å². The van der Waals surface area contributed by atoms with Crippen molar-refractivity contribution in [3.8, 4) is 0 Å². The predicted octanol–water partition coefficient (Wildman–Crippen LogP) is 2.49. The SMILES string of the molecule is COC(C)(Br)C(=O)OCc1ccccc1. The summed E-state index contributed by atoms with van der Waals surface area (Å²) in [4.78, 5) is 11.5. The lowest BCUT2D eigenvalue weighted by Crippen LogP contribution is -2.32. The highest BCUT2D eigenvalue weighted by atomic mass is 79.9. The summed E-state index contributed by atoms with van der Waals surface area (Å²) in [6.45, 7) is 1.85. The fourth-order valence-electron chi connectivity index (χ4n) is 0.935. The van der Waals surface area contributed by atoms with E-state index in [1.807, 2.05) is 30.3 Å². The third-order valence-electron chi connectivity index (χ3n) is 1.96. The maximum atomic E-state index is 11.5. The first-order valence-electron chi connectivity index (χ1n) is 4.51. The van der Waals surface area contributed by atoms with Crippen LogP contribution in [0.4, 0.5) is 0 Å². The molecule has 1 aromatic carbocycles. The Labute approximate surface area is 97.5 Å². The van der Waals surface area contributed by atoms with Crippen LogP contribution in [0.5, 0.6) is 0 Å². The van der Waals surface area contributed by atoms with Crippen LogP contribution in [0.25, 0.3) is 0 Å². The van der Waals surface area contributed by atoms with Gasteiger partial charge in [0.1, 0.15) is 6.61 Å². The minimum atomic E-state index is -1.07. The zero-order valence-electron chi connectivity index (χ0n) is 8.70. The van der Waals surface area contributed by atoms with Gasteiger partial charge in [-0.3, -0.25) is 0 Å². The van der Waals surface area contributed by atoms with Crippen molar-refractivity contribution in [1.82, 2.24) is 0 Å². The summed E-state index contributed by atoms with van der Waals surface area (Å²) < 4.78 is 8.94. The lowest BCUT2D eigenvalue weighted by molar-refractivity contribution is -0.158. The third-order valence-corrected chi connectivity index (χ3v) is 2.61. The summed E-state index contributed by atoms with van der Waals surface area (Å²) in [6.07, 6.45) is 0. The van der Waals surface area contributed by atoms with E-state index >= 15 is 0 Å². The van der Waals surface area contributed by atoms with Crippen LogP contribution in [-0.4, -0.2) is 17.6 Å². The van der Waals surface area contributed by atoms with Crippen molar-refractivity contribution in [2.45, 2.75) is 18.0 Å². The normalized spacial score (nSPS) is 14.3. The number of carbonyl (C=O) groups is 1. The number of alkyl halides is 1. The van der Waals surface area contributed by atoms with Gasteiger partial charge in [-0.1, -0.05) is 30.3 Å². The Morgan fingerprint density at radius 3 is 2.53 bits per heavy atom. The number of methoxy groups -OCH3 is 1. The molecule has 0 aromatic heterocycles. The van der Waals surface area contributed by atoms with E-state index in [2.05, 4.69) is 15.9 Å². The van der Waals surface area contributed by atoms with Crippen molar-refractivity contribution >= 4 is 21.9 Å². The Morgan fingerprint density at radius 1 is 1.40 bits per heavy atom. The maximum absolute atomic E-state index is 11.5. The van der Waals surface area contributed by atoms with Crippen molar-refractivity contribution in [3.05, 3.63) is 35.9 Å². The van der Waals surface area contributed by atoms with E-state index < -0.39 is 10.5 Å². The van der Waals surface area contributed by atoms with Gasteiger partial charge in [0, 0.05) is 7.11 Å². The van der Waals surface area contributed by atoms with Crippen LogP contribution < -0.4 is 0 Å². The molecule has 0 heterocycles. The van der Waals surface area contributed by atoms with Crippen molar-refractivity contribution < 1.29 is 14.3 Å². The monoisotopic (exact) mass is 272 g/mol. The van der Waals surface area contributed by atoms with E-state index in [9.17, 15) is 4.79 Å². The topological polar surface area (TPSA) is 35.5 Å². The smallest absolute Gasteiger partial charge is 0.349 e. The molecule has 0 radical (unpaired) electrons. The molecule has 0 aliphatic carbocycles. The highest BCUT2D eigenvalue weighted by Gasteiger charge is 2.31. The second-order valence-corrected chi connectivity index (χ2v) is 4.70. The maximum Gasteiger partial charge on any atom is 0.349 e. The molecule has 0 saturated carbocycles. The van der Waals surface area contributed by atoms with Gasteiger partial charge in [-0.05, 0) is 28.4 Å². The molecule has 0 bridgehead atoms. The lowest BCUT2D eigenvalue weighted by Gasteiger charge is -2.18. The van der Waals surface area contributed by atoms with Gasteiger partial charge in [-0.25, -0.2) is 4.79 Å². The number of rotatable bonds is 4. The van der Waals surface area contributed by atoms with Crippen molar-refractivity contribution in [3.63, 3.8) is 0 Å². The highest BCUT2D eigenvalue weighted by Crippen LogP contribution is 2.20. The lowest BCUT2D eigenvalue weighted by atomic mass is 10.2. The van der Waals surface area contributed by atoms with Gasteiger partial charge in [-0.15, -0.1) is 0 Å². The largest absolute Gasteiger partial charge is 0.458 e. The molecular weight excluding hydrogens is 260 g/mol. The molecule has 0 saturated heterocycles. The van der Waals surface area contributed by atoms with Gasteiger partial charge < -0.3 is 9.47 Å². The van der Waals surface area contributed by atoms with Crippen molar-refractivity contribution in [2.75, 3.05) is 7.11 Å². The quantitative estimate of drug-likeness (QED) is 0.624. The molecule has 3 nitrogen and oxygen atoms in total. The molecule has 1 aromatic rings. The first-order chi connectivity index (χ1) is 7.06. The highest BCUT2D eigenvalue weighted by molar-refractivity contribution is 9.10. The van der Waals surface area contributed by atoms with Gasteiger partial charge >= 0.3 is 5.97 Å². The van der Waals surface area contributed by atoms with Crippen LogP contribution in [0.3, 0.4) is 0 Å². The summed E-state index contributed by atoms with van der Waals surface area (Å²) in [5.74, 6) is -0.436. The van der Waals surface area contributed by atoms with E-state index in [1.165, 1.54) is 7.11 Å². The van der Waals surface area contributed by atoms with Crippen LogP contribution >= 0.6 is 15.9 Å². The van der Waals surface area contributed by atoms with Gasteiger partial charge in [-0.2, -0.15) is 0 Å². The number of carbonyl (C=O) groups excluding carboxylic acids is 1. The number of halogens is 1. The Kier molecular flexibility index (Phi) is 4.29. The fraction of sp³-hybridized carbons (Fsp3) is 0.364. The van der Waals surface area contributed by atoms with Gasteiger partial charge in [0.15, 0.2) is 0 Å². The Balaban J connectivity index is 2.48. The Hall–Kier alpha value is -0.870. The molecule has 0 aliphatic heterocycles. The molecule has 1 unspecified atom stereocenters. The van der Waals surface area contributed by atoms with Crippen LogP contribution in [0, 0.1) is 0 Å². The molecule has 0 aliphatic rings. The van der Waals surface area contributed by atoms with Crippen molar-refractivity contribution in [1.29, 1.82) is 0 Å². The Morgan fingerprint density at radius 2 is 2.00 bits per heavy atom. The van der Waals surface area contributed by atoms with Crippen LogP contribution in [0.2, 0.25) is 0 Å². The summed E-state index contributed by atoms with van der Waals surface area (Å²) in [6, 6.07) is 9.49. The summed E-state index contributed by atoms with van der Waals surface area (Å²) in [5.41, 5.74) is 0.949. The standard InChI is InChI=1S/C11H13BrO3/c1-11(12,14-2)10(13)15-8-9-6-4-3-5-7-9/h3-7H,8H2,1-2H3. The van der Waals surface area contributed by atoms with Crippen LogP contribution in [0.1, 0.15) is 12.5 Å². The number of hydrogen-bond acceptors (Lipinski definition) is 3. The second kappa shape index (κ2) is 5.28. The fourth-order valence-corrected chi connectivity index (χ4v) is 1.05.